The average molecular weight is 239 g/mol. The number of rotatable bonds is 2. The number of likely N-dealkylation sites (N-methyl/N-ethyl adjacent to an activating group) is 2. The highest BCUT2D eigenvalue weighted by Crippen LogP contribution is 2.20. The molecular weight excluding hydrogens is 214 g/mol. The summed E-state index contributed by atoms with van der Waals surface area (Å²) in [6.07, 6.45) is 4.44. The number of piperidine rings is 1. The largest absolute Gasteiger partial charge is 0.341 e. The lowest BCUT2D eigenvalue weighted by atomic mass is 10.0. The second-order valence-electron chi connectivity index (χ2n) is 5.62. The SMILES string of the molecule is CN1CCC(N(C)C(=O)[C@H]2CCCN2C)CC1. The number of hydrogen-bond acceptors (Lipinski definition) is 3. The van der Waals surface area contributed by atoms with Crippen LogP contribution in [0.1, 0.15) is 25.7 Å². The van der Waals surface area contributed by atoms with Crippen LogP contribution in [0.25, 0.3) is 0 Å². The van der Waals surface area contributed by atoms with Gasteiger partial charge in [0.05, 0.1) is 6.04 Å². The smallest absolute Gasteiger partial charge is 0.239 e. The Labute approximate surface area is 105 Å². The van der Waals surface area contributed by atoms with E-state index in [1.54, 1.807) is 0 Å². The Bertz CT molecular complexity index is 274. The molecule has 1 atom stereocenters. The minimum atomic E-state index is 0.139. The maximum Gasteiger partial charge on any atom is 0.239 e. The molecule has 0 aromatic carbocycles. The summed E-state index contributed by atoms with van der Waals surface area (Å²) in [6.45, 7) is 3.29. The summed E-state index contributed by atoms with van der Waals surface area (Å²) in [6, 6.07) is 0.590. The monoisotopic (exact) mass is 239 g/mol. The van der Waals surface area contributed by atoms with E-state index >= 15 is 0 Å². The zero-order chi connectivity index (χ0) is 12.4. The van der Waals surface area contributed by atoms with Gasteiger partial charge >= 0.3 is 0 Å². The van der Waals surface area contributed by atoms with E-state index < -0.39 is 0 Å². The molecule has 2 aliphatic heterocycles. The van der Waals surface area contributed by atoms with Crippen molar-refractivity contribution in [2.45, 2.75) is 37.8 Å². The fraction of sp³-hybridized carbons (Fsp3) is 0.923. The third-order valence-corrected chi connectivity index (χ3v) is 4.39. The van der Waals surface area contributed by atoms with Crippen molar-refractivity contribution in [1.82, 2.24) is 14.7 Å². The molecule has 17 heavy (non-hydrogen) atoms. The highest BCUT2D eigenvalue weighted by molar-refractivity contribution is 5.82. The van der Waals surface area contributed by atoms with Crippen LogP contribution in [0.3, 0.4) is 0 Å². The van der Waals surface area contributed by atoms with Gasteiger partial charge in [-0.3, -0.25) is 9.69 Å². The van der Waals surface area contributed by atoms with Gasteiger partial charge in [-0.25, -0.2) is 0 Å². The third-order valence-electron chi connectivity index (χ3n) is 4.39. The van der Waals surface area contributed by atoms with Gasteiger partial charge in [0.1, 0.15) is 0 Å². The molecule has 0 bridgehead atoms. The Kier molecular flexibility index (Phi) is 4.05. The second-order valence-corrected chi connectivity index (χ2v) is 5.62. The van der Waals surface area contributed by atoms with E-state index in [0.29, 0.717) is 11.9 Å². The van der Waals surface area contributed by atoms with Crippen molar-refractivity contribution in [3.05, 3.63) is 0 Å². The number of hydrogen-bond donors (Lipinski definition) is 0. The van der Waals surface area contributed by atoms with E-state index in [4.69, 9.17) is 0 Å². The summed E-state index contributed by atoms with van der Waals surface area (Å²) in [5, 5.41) is 0. The van der Waals surface area contributed by atoms with Gasteiger partial charge in [0, 0.05) is 13.1 Å². The molecule has 0 radical (unpaired) electrons. The lowest BCUT2D eigenvalue weighted by Crippen LogP contribution is -2.50. The molecule has 2 rings (SSSR count). The minimum Gasteiger partial charge on any atom is -0.341 e. The minimum absolute atomic E-state index is 0.139. The highest BCUT2D eigenvalue weighted by atomic mass is 16.2. The number of nitrogens with zero attached hydrogens (tertiary/aromatic N) is 3. The van der Waals surface area contributed by atoms with Crippen molar-refractivity contribution < 1.29 is 4.79 Å². The van der Waals surface area contributed by atoms with Crippen molar-refractivity contribution in [3.63, 3.8) is 0 Å². The molecule has 98 valence electrons. The van der Waals surface area contributed by atoms with Gasteiger partial charge in [0.2, 0.25) is 5.91 Å². The van der Waals surface area contributed by atoms with Gasteiger partial charge in [-0.1, -0.05) is 0 Å². The van der Waals surface area contributed by atoms with Crippen molar-refractivity contribution in [2.75, 3.05) is 40.8 Å². The summed E-state index contributed by atoms with van der Waals surface area (Å²) in [5.41, 5.74) is 0. The van der Waals surface area contributed by atoms with E-state index in [9.17, 15) is 4.79 Å². The van der Waals surface area contributed by atoms with Gasteiger partial charge in [0.25, 0.3) is 0 Å². The summed E-state index contributed by atoms with van der Waals surface area (Å²) < 4.78 is 0. The first-order valence-electron chi connectivity index (χ1n) is 6.75. The topological polar surface area (TPSA) is 26.8 Å². The lowest BCUT2D eigenvalue weighted by molar-refractivity contribution is -0.137. The zero-order valence-corrected chi connectivity index (χ0v) is 11.4. The Morgan fingerprint density at radius 1 is 1.12 bits per heavy atom. The normalized spacial score (nSPS) is 28.5. The molecule has 0 spiro atoms. The van der Waals surface area contributed by atoms with Gasteiger partial charge in [-0.15, -0.1) is 0 Å². The molecule has 2 aliphatic rings. The molecule has 0 saturated carbocycles. The molecule has 0 aliphatic carbocycles. The summed E-state index contributed by atoms with van der Waals surface area (Å²) >= 11 is 0. The molecule has 2 heterocycles. The summed E-state index contributed by atoms with van der Waals surface area (Å²) in [4.78, 5) is 19.0. The quantitative estimate of drug-likeness (QED) is 0.707. The Morgan fingerprint density at radius 3 is 2.29 bits per heavy atom. The second kappa shape index (κ2) is 5.36. The van der Waals surface area contributed by atoms with Crippen LogP contribution in [-0.4, -0.2) is 73.5 Å². The molecule has 0 aromatic rings. The van der Waals surface area contributed by atoms with Crippen molar-refractivity contribution in [3.8, 4) is 0 Å². The van der Waals surface area contributed by atoms with Crippen molar-refractivity contribution in [2.24, 2.45) is 0 Å². The molecule has 2 saturated heterocycles. The van der Waals surface area contributed by atoms with Gasteiger partial charge in [-0.05, 0) is 59.4 Å². The first-order valence-corrected chi connectivity index (χ1v) is 6.75. The average Bonchev–Trinajstić information content (AvgIpc) is 2.74. The molecule has 0 aromatic heterocycles. The molecule has 0 unspecified atom stereocenters. The Balaban J connectivity index is 1.90. The molecule has 1 amide bonds. The van der Waals surface area contributed by atoms with Crippen LogP contribution in [0, 0.1) is 0 Å². The molecule has 4 heteroatoms. The number of amides is 1. The number of carbonyl (C=O) groups is 1. The Hall–Kier alpha value is -0.610. The molecule has 2 fully saturated rings. The van der Waals surface area contributed by atoms with Crippen molar-refractivity contribution >= 4 is 5.91 Å². The highest BCUT2D eigenvalue weighted by Gasteiger charge is 2.33. The maximum atomic E-state index is 12.4. The lowest BCUT2D eigenvalue weighted by Gasteiger charge is -2.37. The van der Waals surface area contributed by atoms with E-state index in [1.165, 1.54) is 0 Å². The summed E-state index contributed by atoms with van der Waals surface area (Å²) in [7, 11) is 6.21. The van der Waals surface area contributed by atoms with Gasteiger partial charge in [-0.2, -0.15) is 0 Å². The zero-order valence-electron chi connectivity index (χ0n) is 11.4. The van der Waals surface area contributed by atoms with Crippen LogP contribution >= 0.6 is 0 Å². The molecule has 4 nitrogen and oxygen atoms in total. The maximum absolute atomic E-state index is 12.4. The Morgan fingerprint density at radius 2 is 1.76 bits per heavy atom. The van der Waals surface area contributed by atoms with Crippen molar-refractivity contribution in [1.29, 1.82) is 0 Å². The van der Waals surface area contributed by atoms with Gasteiger partial charge < -0.3 is 9.80 Å². The van der Waals surface area contributed by atoms with Crippen LogP contribution in [0.15, 0.2) is 0 Å². The standard InChI is InChI=1S/C13H25N3O/c1-14-9-6-11(7-10-14)16(3)13(17)12-5-4-8-15(12)2/h11-12H,4-10H2,1-3H3/t12-/m1/s1. The number of carbonyl (C=O) groups excluding carboxylic acids is 1. The van der Waals surface area contributed by atoms with Crippen LogP contribution < -0.4 is 0 Å². The van der Waals surface area contributed by atoms with Gasteiger partial charge in [0.15, 0.2) is 0 Å². The fourth-order valence-corrected chi connectivity index (χ4v) is 3.02. The van der Waals surface area contributed by atoms with Crippen LogP contribution in [0.4, 0.5) is 0 Å². The predicted molar refractivity (Wildman–Crippen MR) is 68.9 cm³/mol. The number of likely N-dealkylation sites (tertiary alicyclic amines) is 2. The first-order chi connectivity index (χ1) is 8.09. The fourth-order valence-electron chi connectivity index (χ4n) is 3.02. The van der Waals surface area contributed by atoms with Crippen LogP contribution in [-0.2, 0) is 4.79 Å². The summed E-state index contributed by atoms with van der Waals surface area (Å²) in [5.74, 6) is 0.333. The molecule has 0 N–H and O–H groups in total. The third kappa shape index (κ3) is 2.80. The predicted octanol–water partition coefficient (Wildman–Crippen LogP) is 0.633. The van der Waals surface area contributed by atoms with Crippen LogP contribution in [0.2, 0.25) is 0 Å². The van der Waals surface area contributed by atoms with E-state index in [1.807, 2.05) is 11.9 Å². The molecular formula is C13H25N3O. The van der Waals surface area contributed by atoms with E-state index in [0.717, 1.165) is 45.3 Å². The van der Waals surface area contributed by atoms with Crippen LogP contribution in [0.5, 0.6) is 0 Å². The first kappa shape index (κ1) is 12.8. The van der Waals surface area contributed by atoms with E-state index in [-0.39, 0.29) is 6.04 Å². The van der Waals surface area contributed by atoms with E-state index in [2.05, 4.69) is 23.9 Å².